The first-order valence-corrected chi connectivity index (χ1v) is 10.1. The number of halogens is 1. The van der Waals surface area contributed by atoms with E-state index in [2.05, 4.69) is 0 Å². The summed E-state index contributed by atoms with van der Waals surface area (Å²) in [4.78, 5) is 12.3. The fraction of sp³-hybridized carbons (Fsp3) is 0.316. The second kappa shape index (κ2) is 7.29. The summed E-state index contributed by atoms with van der Waals surface area (Å²) in [6.07, 6.45) is 1.97. The van der Waals surface area contributed by atoms with Crippen LogP contribution in [-0.4, -0.2) is 14.4 Å². The molecule has 7 heteroatoms. The Morgan fingerprint density at radius 1 is 1.23 bits per heavy atom. The molecule has 3 rings (SSSR count). The molecule has 0 aromatic heterocycles. The highest BCUT2D eigenvalue weighted by atomic mass is 35.5. The molecule has 1 saturated carbocycles. The summed E-state index contributed by atoms with van der Waals surface area (Å²) in [7, 11) is -4.12. The lowest BCUT2D eigenvalue weighted by atomic mass is 9.91. The summed E-state index contributed by atoms with van der Waals surface area (Å²) in [5.74, 6) is -0.573. The molecule has 0 heterocycles. The highest BCUT2D eigenvalue weighted by Gasteiger charge is 2.35. The van der Waals surface area contributed by atoms with Gasteiger partial charge in [-0.1, -0.05) is 35.4 Å². The third kappa shape index (κ3) is 4.37. The minimum atomic E-state index is -4.12. The van der Waals surface area contributed by atoms with Crippen LogP contribution in [0.2, 0.25) is 5.02 Å². The van der Waals surface area contributed by atoms with Crippen LogP contribution in [0.3, 0.4) is 0 Å². The average Bonchev–Trinajstić information content (AvgIpc) is 3.40. The van der Waals surface area contributed by atoms with Crippen LogP contribution in [0.15, 0.2) is 47.4 Å². The van der Waals surface area contributed by atoms with E-state index in [1.807, 2.05) is 13.0 Å². The molecule has 1 aliphatic carbocycles. The predicted molar refractivity (Wildman–Crippen MR) is 100 cm³/mol. The standard InChI is InChI=1S/C19H20ClNO4S/c1-12-2-7-15(8-3-12)26(23,24)25-19(22)11-16(13-4-5-13)14-6-9-17(20)18(21)10-14/h2-3,6-10,13,16H,4-5,11,21H2,1H3. The number of nitrogen functional groups attached to an aromatic ring is 1. The highest BCUT2D eigenvalue weighted by molar-refractivity contribution is 7.87. The van der Waals surface area contributed by atoms with E-state index < -0.39 is 16.1 Å². The molecule has 2 N–H and O–H groups in total. The number of hydrogen-bond donors (Lipinski definition) is 1. The molecular weight excluding hydrogens is 374 g/mol. The van der Waals surface area contributed by atoms with E-state index in [1.165, 1.54) is 12.1 Å². The molecule has 138 valence electrons. The number of anilines is 1. The molecule has 1 aliphatic rings. The Kier molecular flexibility index (Phi) is 5.25. The number of nitrogens with two attached hydrogens (primary N) is 1. The van der Waals surface area contributed by atoms with Gasteiger partial charge in [-0.05, 0) is 61.4 Å². The van der Waals surface area contributed by atoms with E-state index >= 15 is 0 Å². The molecule has 0 spiro atoms. The van der Waals surface area contributed by atoms with Crippen molar-refractivity contribution in [3.63, 3.8) is 0 Å². The van der Waals surface area contributed by atoms with Crippen LogP contribution >= 0.6 is 11.6 Å². The van der Waals surface area contributed by atoms with Gasteiger partial charge in [0.05, 0.1) is 17.1 Å². The van der Waals surface area contributed by atoms with Crippen molar-refractivity contribution >= 4 is 33.4 Å². The van der Waals surface area contributed by atoms with E-state index in [1.54, 1.807) is 24.3 Å². The third-order valence-corrected chi connectivity index (χ3v) is 6.14. The van der Waals surface area contributed by atoms with Crippen LogP contribution in [0.5, 0.6) is 0 Å². The Hall–Kier alpha value is -2.05. The summed E-state index contributed by atoms with van der Waals surface area (Å²) >= 11 is 5.96. The quantitative estimate of drug-likeness (QED) is 0.591. The Morgan fingerprint density at radius 3 is 2.46 bits per heavy atom. The summed E-state index contributed by atoms with van der Waals surface area (Å²) < 4.78 is 29.4. The largest absolute Gasteiger partial charge is 0.398 e. The molecule has 5 nitrogen and oxygen atoms in total. The second-order valence-corrected chi connectivity index (χ2v) is 8.61. The molecule has 1 fully saturated rings. The first-order valence-electron chi connectivity index (χ1n) is 8.35. The van der Waals surface area contributed by atoms with E-state index in [4.69, 9.17) is 21.5 Å². The fourth-order valence-corrected chi connectivity index (χ4v) is 3.93. The number of aryl methyl sites for hydroxylation is 1. The third-order valence-electron chi connectivity index (χ3n) is 4.54. The lowest BCUT2D eigenvalue weighted by Crippen LogP contribution is -2.17. The highest BCUT2D eigenvalue weighted by Crippen LogP contribution is 2.45. The van der Waals surface area contributed by atoms with Gasteiger partial charge < -0.3 is 9.92 Å². The zero-order valence-electron chi connectivity index (χ0n) is 14.3. The Bertz CT molecular complexity index is 921. The maximum Gasteiger partial charge on any atom is 0.341 e. The van der Waals surface area contributed by atoms with Crippen LogP contribution in [0.4, 0.5) is 5.69 Å². The normalized spacial score (nSPS) is 15.5. The molecule has 0 bridgehead atoms. The summed E-state index contributed by atoms with van der Waals surface area (Å²) in [6, 6.07) is 11.4. The maximum absolute atomic E-state index is 12.3. The summed E-state index contributed by atoms with van der Waals surface area (Å²) in [5, 5.41) is 0.452. The lowest BCUT2D eigenvalue weighted by molar-refractivity contribution is -0.134. The fourth-order valence-electron chi connectivity index (χ4n) is 2.94. The zero-order valence-corrected chi connectivity index (χ0v) is 15.9. The monoisotopic (exact) mass is 393 g/mol. The Morgan fingerprint density at radius 2 is 1.88 bits per heavy atom. The molecule has 26 heavy (non-hydrogen) atoms. The van der Waals surface area contributed by atoms with Gasteiger partial charge in [0.15, 0.2) is 0 Å². The van der Waals surface area contributed by atoms with Gasteiger partial charge in [-0.2, -0.15) is 8.42 Å². The van der Waals surface area contributed by atoms with Gasteiger partial charge in [-0.15, -0.1) is 0 Å². The molecule has 2 aromatic rings. The maximum atomic E-state index is 12.3. The van der Waals surface area contributed by atoms with Crippen LogP contribution in [-0.2, 0) is 19.1 Å². The van der Waals surface area contributed by atoms with Crippen LogP contribution in [0.1, 0.15) is 36.3 Å². The van der Waals surface area contributed by atoms with E-state index in [9.17, 15) is 13.2 Å². The number of hydrogen-bond acceptors (Lipinski definition) is 5. The van der Waals surface area contributed by atoms with E-state index in [0.29, 0.717) is 16.6 Å². The predicted octanol–water partition coefficient (Wildman–Crippen LogP) is 4.05. The van der Waals surface area contributed by atoms with Crippen molar-refractivity contribution in [1.29, 1.82) is 0 Å². The molecule has 0 aliphatic heterocycles. The van der Waals surface area contributed by atoms with Crippen molar-refractivity contribution in [3.8, 4) is 0 Å². The summed E-state index contributed by atoms with van der Waals surface area (Å²) in [6.45, 7) is 1.85. The van der Waals surface area contributed by atoms with Crippen molar-refractivity contribution in [2.24, 2.45) is 5.92 Å². The van der Waals surface area contributed by atoms with Gasteiger partial charge in [0.25, 0.3) is 0 Å². The average molecular weight is 394 g/mol. The molecular formula is C19H20ClNO4S. The Labute approximate surface area is 158 Å². The van der Waals surface area contributed by atoms with Crippen molar-refractivity contribution in [1.82, 2.24) is 0 Å². The minimum absolute atomic E-state index is 0.0170. The van der Waals surface area contributed by atoms with Crippen LogP contribution < -0.4 is 5.73 Å². The van der Waals surface area contributed by atoms with Gasteiger partial charge in [0, 0.05) is 0 Å². The smallest absolute Gasteiger partial charge is 0.341 e. The molecule has 1 unspecified atom stereocenters. The van der Waals surface area contributed by atoms with Crippen molar-refractivity contribution in [3.05, 3.63) is 58.6 Å². The summed E-state index contributed by atoms with van der Waals surface area (Å²) in [5.41, 5.74) is 8.09. The molecule has 0 saturated heterocycles. The minimum Gasteiger partial charge on any atom is -0.398 e. The molecule has 0 radical (unpaired) electrons. The zero-order chi connectivity index (χ0) is 18.9. The topological polar surface area (TPSA) is 86.5 Å². The first kappa shape index (κ1) is 18.7. The van der Waals surface area contributed by atoms with Gasteiger partial charge in [0.2, 0.25) is 0 Å². The SMILES string of the molecule is Cc1ccc(S(=O)(=O)OC(=O)CC(c2ccc(Cl)c(N)c2)C2CC2)cc1. The molecule has 1 atom stereocenters. The first-order chi connectivity index (χ1) is 12.3. The van der Waals surface area contributed by atoms with Crippen molar-refractivity contribution < 1.29 is 17.4 Å². The number of carbonyl (C=O) groups is 1. The van der Waals surface area contributed by atoms with Crippen molar-refractivity contribution in [2.75, 3.05) is 5.73 Å². The van der Waals surface area contributed by atoms with Crippen LogP contribution in [0, 0.1) is 12.8 Å². The van der Waals surface area contributed by atoms with Crippen molar-refractivity contribution in [2.45, 2.75) is 37.0 Å². The lowest BCUT2D eigenvalue weighted by Gasteiger charge is -2.17. The Balaban J connectivity index is 1.74. The molecule has 0 amide bonds. The van der Waals surface area contributed by atoms with Gasteiger partial charge in [-0.3, -0.25) is 4.79 Å². The van der Waals surface area contributed by atoms with E-state index in [0.717, 1.165) is 24.0 Å². The number of rotatable bonds is 6. The van der Waals surface area contributed by atoms with Crippen LogP contribution in [0.25, 0.3) is 0 Å². The van der Waals surface area contributed by atoms with Gasteiger partial charge >= 0.3 is 16.1 Å². The number of carbonyl (C=O) groups excluding carboxylic acids is 1. The van der Waals surface area contributed by atoms with Gasteiger partial charge in [0.1, 0.15) is 4.90 Å². The van der Waals surface area contributed by atoms with E-state index in [-0.39, 0.29) is 17.2 Å². The molecule has 2 aromatic carbocycles. The number of benzene rings is 2. The second-order valence-electron chi connectivity index (χ2n) is 6.65. The van der Waals surface area contributed by atoms with Gasteiger partial charge in [-0.25, -0.2) is 0 Å².